The van der Waals surface area contributed by atoms with Crippen molar-refractivity contribution in [2.24, 2.45) is 5.92 Å². The molecule has 1 aliphatic carbocycles. The Morgan fingerprint density at radius 2 is 2.04 bits per heavy atom. The molecule has 0 spiro atoms. The molecule has 3 aliphatic rings. The number of likely N-dealkylation sites (tertiary alicyclic amines) is 1. The number of halogens is 3. The molecule has 1 saturated carbocycles. The van der Waals surface area contributed by atoms with Gasteiger partial charge in [0.25, 0.3) is 0 Å². The summed E-state index contributed by atoms with van der Waals surface area (Å²) in [6, 6.07) is 5.65. The van der Waals surface area contributed by atoms with Crippen LogP contribution >= 0.6 is 35.6 Å². The maximum atomic E-state index is 13.0. The summed E-state index contributed by atoms with van der Waals surface area (Å²) in [5.74, 6) is 0.542. The Kier molecular flexibility index (Phi) is 6.57. The van der Waals surface area contributed by atoms with E-state index in [0.29, 0.717) is 23.1 Å². The van der Waals surface area contributed by atoms with Crippen molar-refractivity contribution in [2.45, 2.75) is 31.2 Å². The fourth-order valence-electron chi connectivity index (χ4n) is 4.26. The summed E-state index contributed by atoms with van der Waals surface area (Å²) in [5, 5.41) is 4.36. The minimum atomic E-state index is 0. The van der Waals surface area contributed by atoms with Crippen molar-refractivity contribution in [1.82, 2.24) is 15.1 Å². The van der Waals surface area contributed by atoms with Crippen LogP contribution in [0.2, 0.25) is 10.0 Å². The van der Waals surface area contributed by atoms with Crippen LogP contribution in [0.1, 0.15) is 30.7 Å². The topological polar surface area (TPSA) is 52.7 Å². The molecule has 2 aliphatic heterocycles. The number of piperazine rings is 1. The Morgan fingerprint density at radius 1 is 1.22 bits per heavy atom. The van der Waals surface area contributed by atoms with E-state index in [2.05, 4.69) is 5.32 Å². The quantitative estimate of drug-likeness (QED) is 0.799. The van der Waals surface area contributed by atoms with Crippen molar-refractivity contribution in [2.75, 3.05) is 32.7 Å². The number of benzene rings is 1. The van der Waals surface area contributed by atoms with Gasteiger partial charge in [-0.15, -0.1) is 12.4 Å². The first-order valence-corrected chi connectivity index (χ1v) is 10.0. The second-order valence-electron chi connectivity index (χ2n) is 7.46. The molecule has 0 radical (unpaired) electrons. The Bertz CT molecular complexity index is 730. The molecule has 3 unspecified atom stereocenters. The van der Waals surface area contributed by atoms with Crippen LogP contribution in [-0.4, -0.2) is 60.4 Å². The zero-order valence-corrected chi connectivity index (χ0v) is 17.3. The van der Waals surface area contributed by atoms with E-state index < -0.39 is 0 Å². The Balaban J connectivity index is 0.00000210. The molecule has 2 saturated heterocycles. The van der Waals surface area contributed by atoms with Crippen LogP contribution in [0.25, 0.3) is 0 Å². The number of amides is 2. The zero-order chi connectivity index (χ0) is 18.3. The maximum absolute atomic E-state index is 13.0. The third-order valence-electron chi connectivity index (χ3n) is 5.74. The van der Waals surface area contributed by atoms with Crippen molar-refractivity contribution in [3.63, 3.8) is 0 Å². The highest BCUT2D eigenvalue weighted by Crippen LogP contribution is 2.51. The lowest BCUT2D eigenvalue weighted by Crippen LogP contribution is -2.57. The maximum Gasteiger partial charge on any atom is 0.236 e. The molecule has 148 valence electrons. The number of piperidine rings is 1. The predicted molar refractivity (Wildman–Crippen MR) is 109 cm³/mol. The average Bonchev–Trinajstić information content (AvgIpc) is 3.42. The molecule has 1 N–H and O–H groups in total. The van der Waals surface area contributed by atoms with E-state index in [1.807, 2.05) is 21.9 Å². The van der Waals surface area contributed by atoms with Crippen LogP contribution in [0.5, 0.6) is 0 Å². The molecule has 8 heteroatoms. The fraction of sp³-hybridized carbons (Fsp3) is 0.579. The van der Waals surface area contributed by atoms with Gasteiger partial charge in [-0.25, -0.2) is 0 Å². The summed E-state index contributed by atoms with van der Waals surface area (Å²) >= 11 is 12.3. The van der Waals surface area contributed by atoms with Crippen LogP contribution in [0.15, 0.2) is 18.2 Å². The van der Waals surface area contributed by atoms with E-state index in [1.165, 1.54) is 0 Å². The van der Waals surface area contributed by atoms with Gasteiger partial charge in [-0.3, -0.25) is 9.59 Å². The van der Waals surface area contributed by atoms with Crippen LogP contribution in [0.3, 0.4) is 0 Å². The summed E-state index contributed by atoms with van der Waals surface area (Å²) in [6.45, 7) is 3.41. The van der Waals surface area contributed by atoms with Gasteiger partial charge in [-0.05, 0) is 42.9 Å². The largest absolute Gasteiger partial charge is 0.340 e. The summed E-state index contributed by atoms with van der Waals surface area (Å²) < 4.78 is 0. The van der Waals surface area contributed by atoms with Gasteiger partial charge in [0.2, 0.25) is 11.8 Å². The minimum absolute atomic E-state index is 0. The lowest BCUT2D eigenvalue weighted by atomic mass is 10.0. The molecular weight excluding hydrogens is 409 g/mol. The van der Waals surface area contributed by atoms with E-state index in [-0.39, 0.29) is 42.1 Å². The number of nitrogens with one attached hydrogen (secondary N) is 1. The third kappa shape index (κ3) is 4.37. The average molecular weight is 433 g/mol. The molecular formula is C19H24Cl3N3O2. The molecule has 4 rings (SSSR count). The van der Waals surface area contributed by atoms with Crippen LogP contribution in [0, 0.1) is 5.92 Å². The van der Waals surface area contributed by atoms with E-state index in [1.54, 1.807) is 6.07 Å². The van der Waals surface area contributed by atoms with Crippen molar-refractivity contribution in [3.8, 4) is 0 Å². The first-order valence-electron chi connectivity index (χ1n) is 9.28. The van der Waals surface area contributed by atoms with Gasteiger partial charge in [0.1, 0.15) is 0 Å². The highest BCUT2D eigenvalue weighted by Gasteiger charge is 2.47. The second-order valence-corrected chi connectivity index (χ2v) is 8.30. The SMILES string of the molecule is Cl.O=C(C1CC1c1ccc(Cl)cc1Cl)N1CCCC(N2CCNCC2=O)C1. The van der Waals surface area contributed by atoms with Gasteiger partial charge in [0.05, 0.1) is 6.54 Å². The summed E-state index contributed by atoms with van der Waals surface area (Å²) in [6.07, 6.45) is 2.77. The van der Waals surface area contributed by atoms with Gasteiger partial charge in [-0.2, -0.15) is 0 Å². The molecule has 1 aromatic rings. The third-order valence-corrected chi connectivity index (χ3v) is 6.31. The first-order chi connectivity index (χ1) is 12.5. The number of carbonyl (C=O) groups is 2. The molecule has 0 aromatic heterocycles. The monoisotopic (exact) mass is 431 g/mol. The Labute approximate surface area is 175 Å². The van der Waals surface area contributed by atoms with Gasteiger partial charge in [-0.1, -0.05) is 29.3 Å². The Morgan fingerprint density at radius 3 is 2.78 bits per heavy atom. The van der Waals surface area contributed by atoms with Crippen molar-refractivity contribution in [1.29, 1.82) is 0 Å². The highest BCUT2D eigenvalue weighted by atomic mass is 35.5. The summed E-state index contributed by atoms with van der Waals surface area (Å²) in [7, 11) is 0. The van der Waals surface area contributed by atoms with Crippen molar-refractivity contribution < 1.29 is 9.59 Å². The lowest BCUT2D eigenvalue weighted by molar-refractivity contribution is -0.141. The highest BCUT2D eigenvalue weighted by molar-refractivity contribution is 6.35. The molecule has 3 fully saturated rings. The summed E-state index contributed by atoms with van der Waals surface area (Å²) in [5.41, 5.74) is 1.01. The van der Waals surface area contributed by atoms with E-state index in [4.69, 9.17) is 23.2 Å². The number of hydrogen-bond acceptors (Lipinski definition) is 3. The molecule has 3 atom stereocenters. The zero-order valence-electron chi connectivity index (χ0n) is 15.0. The Hall–Kier alpha value is -1.01. The smallest absolute Gasteiger partial charge is 0.236 e. The van der Waals surface area contributed by atoms with Crippen LogP contribution < -0.4 is 5.32 Å². The summed E-state index contributed by atoms with van der Waals surface area (Å²) in [4.78, 5) is 29.0. The van der Waals surface area contributed by atoms with E-state index >= 15 is 0 Å². The number of nitrogens with zero attached hydrogens (tertiary/aromatic N) is 2. The number of carbonyl (C=O) groups excluding carboxylic acids is 2. The van der Waals surface area contributed by atoms with Crippen LogP contribution in [-0.2, 0) is 9.59 Å². The molecule has 2 heterocycles. The second kappa shape index (κ2) is 8.56. The standard InChI is InChI=1S/C19H23Cl2N3O2.ClH/c20-12-3-4-14(17(21)8-12)15-9-16(15)19(26)23-6-1-2-13(11-23)24-7-5-22-10-18(24)25;/h3-4,8,13,15-16,22H,1-2,5-7,9-11H2;1H. The first kappa shape index (κ1) is 20.7. The minimum Gasteiger partial charge on any atom is -0.340 e. The predicted octanol–water partition coefficient (Wildman–Crippen LogP) is 2.94. The van der Waals surface area contributed by atoms with Gasteiger partial charge < -0.3 is 15.1 Å². The molecule has 1 aromatic carbocycles. The van der Waals surface area contributed by atoms with E-state index in [9.17, 15) is 9.59 Å². The van der Waals surface area contributed by atoms with Gasteiger partial charge in [0, 0.05) is 48.2 Å². The number of hydrogen-bond donors (Lipinski definition) is 1. The van der Waals surface area contributed by atoms with Gasteiger partial charge in [0.15, 0.2) is 0 Å². The van der Waals surface area contributed by atoms with Gasteiger partial charge >= 0.3 is 0 Å². The fourth-order valence-corrected chi connectivity index (χ4v) is 4.81. The van der Waals surface area contributed by atoms with Crippen molar-refractivity contribution >= 4 is 47.4 Å². The molecule has 0 bridgehead atoms. The van der Waals surface area contributed by atoms with Crippen molar-refractivity contribution in [3.05, 3.63) is 33.8 Å². The molecule has 2 amide bonds. The molecule has 5 nitrogen and oxygen atoms in total. The lowest BCUT2D eigenvalue weighted by Gasteiger charge is -2.41. The van der Waals surface area contributed by atoms with Crippen LogP contribution in [0.4, 0.5) is 0 Å². The number of rotatable bonds is 3. The van der Waals surface area contributed by atoms with E-state index in [0.717, 1.165) is 44.5 Å². The molecule has 27 heavy (non-hydrogen) atoms. The normalized spacial score (nSPS) is 27.9.